The molecule has 1 amide bonds. The van der Waals surface area contributed by atoms with Crippen LogP contribution in [0.2, 0.25) is 0 Å². The number of H-pyrrole nitrogens is 1. The maximum Gasteiger partial charge on any atom is 0.354 e. The predicted molar refractivity (Wildman–Crippen MR) is 40.0 cm³/mol. The fraction of sp³-hybridized carbons (Fsp3) is 0.167. The lowest BCUT2D eigenvalue weighted by molar-refractivity contribution is 0.0523. The van der Waals surface area contributed by atoms with Crippen molar-refractivity contribution in [3.8, 4) is 0 Å². The molecule has 70 valence electrons. The van der Waals surface area contributed by atoms with Gasteiger partial charge in [0.05, 0.1) is 13.4 Å². The van der Waals surface area contributed by atoms with Gasteiger partial charge in [-0.3, -0.25) is 9.63 Å². The number of aromatic carboxylic acids is 1. The van der Waals surface area contributed by atoms with Crippen LogP contribution in [0.4, 0.5) is 0 Å². The van der Waals surface area contributed by atoms with Crippen molar-refractivity contribution >= 4 is 11.9 Å². The van der Waals surface area contributed by atoms with E-state index >= 15 is 0 Å². The van der Waals surface area contributed by atoms with Crippen molar-refractivity contribution in [1.82, 2.24) is 15.4 Å². The van der Waals surface area contributed by atoms with Crippen molar-refractivity contribution in [1.29, 1.82) is 0 Å². The summed E-state index contributed by atoms with van der Waals surface area (Å²) in [5.41, 5.74) is 1.48. The van der Waals surface area contributed by atoms with Gasteiger partial charge in [-0.1, -0.05) is 0 Å². The number of carboxylic acid groups (broad SMARTS) is 1. The van der Waals surface area contributed by atoms with Crippen LogP contribution in [-0.2, 0) is 4.84 Å². The average molecular weight is 185 g/mol. The standard InChI is InChI=1S/C6H7N3O4/c1-13-9-5(10)3-4(6(11)12)8-2-7-3/h2H,1H3,(H,7,8)(H,9,10)(H,11,12). The summed E-state index contributed by atoms with van der Waals surface area (Å²) in [6.07, 6.45) is 1.12. The number of hydroxylamine groups is 1. The van der Waals surface area contributed by atoms with Crippen LogP contribution in [0.15, 0.2) is 6.33 Å². The normalized spacial score (nSPS) is 9.62. The summed E-state index contributed by atoms with van der Waals surface area (Å²) in [5, 5.41) is 8.58. The van der Waals surface area contributed by atoms with Crippen LogP contribution in [0.5, 0.6) is 0 Å². The fourth-order valence-corrected chi connectivity index (χ4v) is 0.771. The number of imidazole rings is 1. The molecule has 1 aromatic heterocycles. The summed E-state index contributed by atoms with van der Waals surface area (Å²) in [4.78, 5) is 31.7. The lowest BCUT2D eigenvalue weighted by Gasteiger charge is -1.98. The largest absolute Gasteiger partial charge is 0.477 e. The first-order chi connectivity index (χ1) is 6.16. The molecule has 0 fully saturated rings. The summed E-state index contributed by atoms with van der Waals surface area (Å²) in [5.74, 6) is -1.96. The van der Waals surface area contributed by atoms with Gasteiger partial charge in [0, 0.05) is 0 Å². The highest BCUT2D eigenvalue weighted by Crippen LogP contribution is 2.01. The van der Waals surface area contributed by atoms with E-state index in [4.69, 9.17) is 5.11 Å². The van der Waals surface area contributed by atoms with Crippen molar-refractivity contribution in [2.75, 3.05) is 7.11 Å². The molecule has 7 nitrogen and oxygen atoms in total. The molecule has 1 heterocycles. The maximum absolute atomic E-state index is 11.0. The van der Waals surface area contributed by atoms with E-state index in [1.807, 2.05) is 5.48 Å². The molecular formula is C6H7N3O4. The summed E-state index contributed by atoms with van der Waals surface area (Å²) >= 11 is 0. The van der Waals surface area contributed by atoms with Crippen LogP contribution >= 0.6 is 0 Å². The smallest absolute Gasteiger partial charge is 0.354 e. The van der Waals surface area contributed by atoms with Gasteiger partial charge in [-0.25, -0.2) is 15.3 Å². The van der Waals surface area contributed by atoms with Crippen LogP contribution in [0, 0.1) is 0 Å². The first kappa shape index (κ1) is 9.20. The number of carbonyl (C=O) groups excluding carboxylic acids is 1. The fourth-order valence-electron chi connectivity index (χ4n) is 0.771. The third kappa shape index (κ3) is 1.82. The number of nitrogens with one attached hydrogen (secondary N) is 2. The molecule has 0 atom stereocenters. The molecular weight excluding hydrogens is 178 g/mol. The van der Waals surface area contributed by atoms with E-state index in [0.717, 1.165) is 6.33 Å². The minimum atomic E-state index is -1.25. The molecule has 0 saturated heterocycles. The van der Waals surface area contributed by atoms with Gasteiger partial charge in [0.25, 0.3) is 5.91 Å². The summed E-state index contributed by atoms with van der Waals surface area (Å²) < 4.78 is 0. The third-order valence-corrected chi connectivity index (χ3v) is 1.26. The molecule has 13 heavy (non-hydrogen) atoms. The van der Waals surface area contributed by atoms with Crippen molar-refractivity contribution < 1.29 is 19.5 Å². The second-order valence-electron chi connectivity index (χ2n) is 2.07. The molecule has 3 N–H and O–H groups in total. The minimum Gasteiger partial charge on any atom is -0.477 e. The predicted octanol–water partition coefficient (Wildman–Crippen LogP) is -0.601. The molecule has 0 aliphatic carbocycles. The molecule has 0 saturated carbocycles. The first-order valence-electron chi connectivity index (χ1n) is 3.26. The van der Waals surface area contributed by atoms with Crippen LogP contribution in [-0.4, -0.2) is 34.1 Å². The zero-order valence-corrected chi connectivity index (χ0v) is 6.70. The van der Waals surface area contributed by atoms with Crippen molar-refractivity contribution in [3.05, 3.63) is 17.7 Å². The Labute approximate surface area is 72.7 Å². The molecule has 0 aliphatic rings. The minimum absolute atomic E-state index is 0.214. The van der Waals surface area contributed by atoms with Crippen LogP contribution in [0.25, 0.3) is 0 Å². The number of carbonyl (C=O) groups is 2. The van der Waals surface area contributed by atoms with E-state index in [1.54, 1.807) is 0 Å². The lowest BCUT2D eigenvalue weighted by Crippen LogP contribution is -2.24. The van der Waals surface area contributed by atoms with Crippen LogP contribution < -0.4 is 5.48 Å². The van der Waals surface area contributed by atoms with Gasteiger partial charge in [0.1, 0.15) is 0 Å². The number of amides is 1. The van der Waals surface area contributed by atoms with Gasteiger partial charge in [-0.2, -0.15) is 0 Å². The number of nitrogens with zero attached hydrogens (tertiary/aromatic N) is 1. The Morgan fingerprint density at radius 3 is 2.92 bits per heavy atom. The van der Waals surface area contributed by atoms with Crippen LogP contribution in [0.3, 0.4) is 0 Å². The monoisotopic (exact) mass is 185 g/mol. The summed E-state index contributed by atoms with van der Waals surface area (Å²) in [6, 6.07) is 0. The van der Waals surface area contributed by atoms with E-state index in [9.17, 15) is 9.59 Å². The zero-order valence-electron chi connectivity index (χ0n) is 6.70. The molecule has 0 spiro atoms. The second-order valence-corrected chi connectivity index (χ2v) is 2.07. The van der Waals surface area contributed by atoms with Gasteiger partial charge in [0.15, 0.2) is 11.4 Å². The molecule has 1 aromatic rings. The number of aromatic amines is 1. The second kappa shape index (κ2) is 3.68. The van der Waals surface area contributed by atoms with E-state index in [1.165, 1.54) is 7.11 Å². The average Bonchev–Trinajstić information content (AvgIpc) is 2.52. The topological polar surface area (TPSA) is 104 Å². The Bertz CT molecular complexity index is 332. The Kier molecular flexibility index (Phi) is 2.60. The van der Waals surface area contributed by atoms with E-state index < -0.39 is 11.9 Å². The van der Waals surface area contributed by atoms with Gasteiger partial charge in [-0.05, 0) is 0 Å². The van der Waals surface area contributed by atoms with E-state index in [2.05, 4.69) is 14.8 Å². The zero-order chi connectivity index (χ0) is 9.84. The number of aromatic nitrogens is 2. The Balaban J connectivity index is 2.93. The van der Waals surface area contributed by atoms with E-state index in [-0.39, 0.29) is 11.4 Å². The molecule has 0 aliphatic heterocycles. The molecule has 1 rings (SSSR count). The molecule has 0 unspecified atom stereocenters. The molecule has 0 aromatic carbocycles. The van der Waals surface area contributed by atoms with Gasteiger partial charge >= 0.3 is 5.97 Å². The van der Waals surface area contributed by atoms with Gasteiger partial charge < -0.3 is 10.1 Å². The molecule has 7 heteroatoms. The molecule has 0 radical (unpaired) electrons. The quantitative estimate of drug-likeness (QED) is 0.545. The molecule has 0 bridgehead atoms. The highest BCUT2D eigenvalue weighted by atomic mass is 16.6. The SMILES string of the molecule is CONC(=O)c1nc[nH]c1C(=O)O. The highest BCUT2D eigenvalue weighted by molar-refractivity contribution is 6.01. The lowest BCUT2D eigenvalue weighted by atomic mass is 10.3. The van der Waals surface area contributed by atoms with E-state index in [0.29, 0.717) is 0 Å². The summed E-state index contributed by atoms with van der Waals surface area (Å²) in [7, 11) is 1.24. The number of carboxylic acids is 1. The van der Waals surface area contributed by atoms with Crippen LogP contribution in [0.1, 0.15) is 21.0 Å². The maximum atomic E-state index is 11.0. The third-order valence-electron chi connectivity index (χ3n) is 1.26. The number of hydrogen-bond acceptors (Lipinski definition) is 4. The van der Waals surface area contributed by atoms with Crippen molar-refractivity contribution in [3.63, 3.8) is 0 Å². The first-order valence-corrected chi connectivity index (χ1v) is 3.26. The Morgan fingerprint density at radius 1 is 1.69 bits per heavy atom. The van der Waals surface area contributed by atoms with Gasteiger partial charge in [0.2, 0.25) is 0 Å². The number of rotatable bonds is 3. The van der Waals surface area contributed by atoms with Crippen molar-refractivity contribution in [2.45, 2.75) is 0 Å². The highest BCUT2D eigenvalue weighted by Gasteiger charge is 2.19. The number of hydrogen-bond donors (Lipinski definition) is 3. The van der Waals surface area contributed by atoms with Gasteiger partial charge in [-0.15, -0.1) is 0 Å². The summed E-state index contributed by atoms with van der Waals surface area (Å²) in [6.45, 7) is 0. The Morgan fingerprint density at radius 2 is 2.38 bits per heavy atom. The Hall–Kier alpha value is -1.89. The van der Waals surface area contributed by atoms with Crippen molar-refractivity contribution in [2.24, 2.45) is 0 Å².